The van der Waals surface area contributed by atoms with Gasteiger partial charge >= 0.3 is 0 Å². The summed E-state index contributed by atoms with van der Waals surface area (Å²) >= 11 is 0. The third-order valence-corrected chi connectivity index (χ3v) is 5.68. The van der Waals surface area contributed by atoms with E-state index in [1.165, 1.54) is 6.07 Å². The minimum atomic E-state index is -0.222. The number of halogens is 1. The fourth-order valence-corrected chi connectivity index (χ4v) is 4.07. The van der Waals surface area contributed by atoms with Gasteiger partial charge in [0.25, 0.3) is 0 Å². The van der Waals surface area contributed by atoms with E-state index in [0.29, 0.717) is 6.61 Å². The number of nitrogens with zero attached hydrogens (tertiary/aromatic N) is 1. The summed E-state index contributed by atoms with van der Waals surface area (Å²) in [6.45, 7) is 3.07. The van der Waals surface area contributed by atoms with Gasteiger partial charge in [-0.1, -0.05) is 12.1 Å². The van der Waals surface area contributed by atoms with Crippen LogP contribution in [0, 0.1) is 11.7 Å². The largest absolute Gasteiger partial charge is 0.376 e. The lowest BCUT2D eigenvalue weighted by molar-refractivity contribution is -0.135. The monoisotopic (exact) mass is 347 g/mol. The van der Waals surface area contributed by atoms with Gasteiger partial charge in [0.2, 0.25) is 5.91 Å². The Morgan fingerprint density at radius 1 is 1.28 bits per heavy atom. The summed E-state index contributed by atoms with van der Waals surface area (Å²) in [5.74, 6) is 0.231. The molecule has 1 amide bonds. The van der Waals surface area contributed by atoms with Crippen molar-refractivity contribution in [3.05, 3.63) is 35.6 Å². The van der Waals surface area contributed by atoms with Crippen LogP contribution in [0.2, 0.25) is 0 Å². The molecule has 0 N–H and O–H groups in total. The van der Waals surface area contributed by atoms with Crippen LogP contribution in [0.3, 0.4) is 0 Å². The van der Waals surface area contributed by atoms with Crippen molar-refractivity contribution in [1.29, 1.82) is 0 Å². The average Bonchev–Trinajstić information content (AvgIpc) is 3.27. The molecule has 3 atom stereocenters. The summed E-state index contributed by atoms with van der Waals surface area (Å²) in [4.78, 5) is 14.6. The van der Waals surface area contributed by atoms with Crippen LogP contribution in [-0.4, -0.2) is 49.3 Å². The van der Waals surface area contributed by atoms with E-state index in [1.807, 2.05) is 11.0 Å². The molecule has 25 heavy (non-hydrogen) atoms. The van der Waals surface area contributed by atoms with Gasteiger partial charge in [0.15, 0.2) is 0 Å². The van der Waals surface area contributed by atoms with E-state index in [1.54, 1.807) is 12.1 Å². The molecule has 0 radical (unpaired) electrons. The average molecular weight is 347 g/mol. The van der Waals surface area contributed by atoms with Crippen molar-refractivity contribution < 1.29 is 18.7 Å². The number of likely N-dealkylation sites (tertiary alicyclic amines) is 1. The summed E-state index contributed by atoms with van der Waals surface area (Å²) in [7, 11) is 0. The van der Waals surface area contributed by atoms with E-state index < -0.39 is 0 Å². The Bertz CT molecular complexity index is 609. The number of benzene rings is 1. The van der Waals surface area contributed by atoms with Crippen LogP contribution < -0.4 is 0 Å². The number of ether oxygens (including phenoxy) is 2. The van der Waals surface area contributed by atoms with Gasteiger partial charge in [-0.25, -0.2) is 4.39 Å². The van der Waals surface area contributed by atoms with E-state index in [-0.39, 0.29) is 35.8 Å². The van der Waals surface area contributed by atoms with E-state index in [4.69, 9.17) is 9.47 Å². The van der Waals surface area contributed by atoms with E-state index in [2.05, 4.69) is 0 Å². The first-order chi connectivity index (χ1) is 12.2. The van der Waals surface area contributed by atoms with Crippen molar-refractivity contribution in [2.24, 2.45) is 5.92 Å². The fourth-order valence-electron chi connectivity index (χ4n) is 4.07. The lowest BCUT2D eigenvalue weighted by Gasteiger charge is -2.32. The molecule has 1 saturated carbocycles. The van der Waals surface area contributed by atoms with Crippen LogP contribution in [0.25, 0.3) is 0 Å². The Balaban J connectivity index is 1.22. The second-order valence-corrected chi connectivity index (χ2v) is 7.50. The van der Waals surface area contributed by atoms with Gasteiger partial charge in [0.05, 0.1) is 18.8 Å². The van der Waals surface area contributed by atoms with Crippen molar-refractivity contribution >= 4 is 5.91 Å². The zero-order chi connectivity index (χ0) is 17.2. The van der Waals surface area contributed by atoms with Gasteiger partial charge < -0.3 is 14.4 Å². The highest BCUT2D eigenvalue weighted by atomic mass is 19.1. The molecule has 3 unspecified atom stereocenters. The molecule has 2 heterocycles. The zero-order valence-corrected chi connectivity index (χ0v) is 14.5. The molecule has 1 aromatic rings. The van der Waals surface area contributed by atoms with Crippen molar-refractivity contribution in [3.8, 4) is 0 Å². The predicted molar refractivity (Wildman–Crippen MR) is 91.8 cm³/mol. The summed E-state index contributed by atoms with van der Waals surface area (Å²) in [5, 5.41) is 0. The number of piperidine rings is 1. The maximum Gasteiger partial charge on any atom is 0.226 e. The molecule has 3 fully saturated rings. The molecule has 0 spiro atoms. The normalized spacial score (nSPS) is 29.8. The van der Waals surface area contributed by atoms with Gasteiger partial charge in [0, 0.05) is 25.6 Å². The molecule has 136 valence electrons. The summed E-state index contributed by atoms with van der Waals surface area (Å²) in [6, 6.07) is 6.65. The Hall–Kier alpha value is -1.46. The molecule has 1 aromatic carbocycles. The highest BCUT2D eigenvalue weighted by Crippen LogP contribution is 2.48. The topological polar surface area (TPSA) is 38.8 Å². The molecule has 2 aliphatic heterocycles. The molecule has 4 nitrogen and oxygen atoms in total. The minimum Gasteiger partial charge on any atom is -0.376 e. The molecule has 0 bridgehead atoms. The number of hydrogen-bond acceptors (Lipinski definition) is 3. The molecule has 4 rings (SSSR count). The van der Waals surface area contributed by atoms with E-state index >= 15 is 0 Å². The fraction of sp³-hybridized carbons (Fsp3) is 0.650. The molecule has 0 aromatic heterocycles. The van der Waals surface area contributed by atoms with Gasteiger partial charge in [-0.15, -0.1) is 0 Å². The van der Waals surface area contributed by atoms with Gasteiger partial charge in [-0.05, 0) is 55.7 Å². The number of hydrogen-bond donors (Lipinski definition) is 0. The Morgan fingerprint density at radius 3 is 2.84 bits per heavy atom. The molecule has 2 saturated heterocycles. The van der Waals surface area contributed by atoms with Crippen LogP contribution >= 0.6 is 0 Å². The van der Waals surface area contributed by atoms with Crippen LogP contribution in [0.1, 0.15) is 43.6 Å². The third kappa shape index (κ3) is 4.04. The standard InChI is InChI=1S/C20H26FNO3/c21-15-4-1-3-14(11-15)18-12-19(18)20(23)22-8-6-16(7-9-22)25-13-17-5-2-10-24-17/h1,3-4,11,16-19H,2,5-10,12-13H2. The Kier molecular flexibility index (Phi) is 5.04. The summed E-state index contributed by atoms with van der Waals surface area (Å²) < 4.78 is 24.9. The number of rotatable bonds is 5. The van der Waals surface area contributed by atoms with Crippen molar-refractivity contribution in [2.75, 3.05) is 26.3 Å². The molecular formula is C20H26FNO3. The van der Waals surface area contributed by atoms with Gasteiger partial charge in [-0.3, -0.25) is 4.79 Å². The number of carbonyl (C=O) groups is 1. The smallest absolute Gasteiger partial charge is 0.226 e. The first-order valence-electron chi connectivity index (χ1n) is 9.48. The van der Waals surface area contributed by atoms with Gasteiger partial charge in [-0.2, -0.15) is 0 Å². The molecular weight excluding hydrogens is 321 g/mol. The predicted octanol–water partition coefficient (Wildman–Crippen LogP) is 3.12. The Labute approximate surface area is 148 Å². The summed E-state index contributed by atoms with van der Waals surface area (Å²) in [6.07, 6.45) is 5.38. The van der Waals surface area contributed by atoms with Crippen molar-refractivity contribution in [1.82, 2.24) is 4.90 Å². The molecule has 1 aliphatic carbocycles. The zero-order valence-electron chi connectivity index (χ0n) is 14.5. The third-order valence-electron chi connectivity index (χ3n) is 5.68. The maximum absolute atomic E-state index is 13.3. The van der Waals surface area contributed by atoms with Crippen LogP contribution in [0.5, 0.6) is 0 Å². The van der Waals surface area contributed by atoms with Crippen LogP contribution in [-0.2, 0) is 14.3 Å². The Morgan fingerprint density at radius 2 is 2.12 bits per heavy atom. The van der Waals surface area contributed by atoms with E-state index in [9.17, 15) is 9.18 Å². The minimum absolute atomic E-state index is 0.0335. The quantitative estimate of drug-likeness (QED) is 0.821. The van der Waals surface area contributed by atoms with Gasteiger partial charge in [0.1, 0.15) is 5.82 Å². The van der Waals surface area contributed by atoms with Crippen LogP contribution in [0.15, 0.2) is 24.3 Å². The first-order valence-corrected chi connectivity index (χ1v) is 9.48. The highest BCUT2D eigenvalue weighted by Gasteiger charge is 2.46. The second kappa shape index (κ2) is 7.42. The van der Waals surface area contributed by atoms with E-state index in [0.717, 1.165) is 57.4 Å². The lowest BCUT2D eigenvalue weighted by atomic mass is 10.1. The highest BCUT2D eigenvalue weighted by molar-refractivity contribution is 5.83. The number of amides is 1. The summed E-state index contributed by atoms with van der Waals surface area (Å²) in [5.41, 5.74) is 0.952. The van der Waals surface area contributed by atoms with Crippen LogP contribution in [0.4, 0.5) is 4.39 Å². The second-order valence-electron chi connectivity index (χ2n) is 7.50. The van der Waals surface area contributed by atoms with Crippen molar-refractivity contribution in [2.45, 2.75) is 50.2 Å². The molecule has 3 aliphatic rings. The number of carbonyl (C=O) groups excluding carboxylic acids is 1. The maximum atomic E-state index is 13.3. The lowest BCUT2D eigenvalue weighted by Crippen LogP contribution is -2.42. The molecule has 5 heteroatoms. The SMILES string of the molecule is O=C(C1CC1c1cccc(F)c1)N1CCC(OCC2CCCO2)CC1. The first kappa shape index (κ1) is 17.0. The van der Waals surface area contributed by atoms with Crippen molar-refractivity contribution in [3.63, 3.8) is 0 Å².